The van der Waals surface area contributed by atoms with E-state index in [0.717, 1.165) is 11.3 Å². The summed E-state index contributed by atoms with van der Waals surface area (Å²) in [6.07, 6.45) is 2.33. The van der Waals surface area contributed by atoms with Gasteiger partial charge < -0.3 is 0 Å². The highest BCUT2D eigenvalue weighted by Gasteiger charge is 2.29. The Kier molecular flexibility index (Phi) is 4.67. The summed E-state index contributed by atoms with van der Waals surface area (Å²) in [4.78, 5) is 15.7. The minimum absolute atomic E-state index is 0.245. The SMILES string of the molecule is CC(C)(c1ccc(Cl)c(Cl)c1)c1cnc(C=O)n1-c1ccc(F)cc1. The number of benzene rings is 2. The van der Waals surface area contributed by atoms with Gasteiger partial charge in [0.05, 0.1) is 21.9 Å². The maximum Gasteiger partial charge on any atom is 0.185 e. The molecule has 0 unspecified atom stereocenters. The Morgan fingerprint density at radius 2 is 1.76 bits per heavy atom. The number of aromatic nitrogens is 2. The van der Waals surface area contributed by atoms with E-state index < -0.39 is 5.41 Å². The number of hydrogen-bond donors (Lipinski definition) is 0. The number of imidazole rings is 1. The zero-order valence-electron chi connectivity index (χ0n) is 13.6. The maximum absolute atomic E-state index is 13.3. The standard InChI is InChI=1S/C19H15Cl2FN2O/c1-19(2,12-3-8-15(20)16(21)9-12)17-10-23-18(11-25)24(17)14-6-4-13(22)5-7-14/h3-11H,1-2H3. The maximum atomic E-state index is 13.3. The third-order valence-corrected chi connectivity index (χ3v) is 5.00. The summed E-state index contributed by atoms with van der Waals surface area (Å²) in [6, 6.07) is 11.3. The zero-order chi connectivity index (χ0) is 18.2. The molecule has 0 radical (unpaired) electrons. The summed E-state index contributed by atoms with van der Waals surface area (Å²) in [7, 11) is 0. The molecule has 0 aliphatic rings. The third kappa shape index (κ3) is 3.20. The van der Waals surface area contributed by atoms with Crippen LogP contribution in [0.2, 0.25) is 10.0 Å². The lowest BCUT2D eigenvalue weighted by Gasteiger charge is -2.27. The smallest absolute Gasteiger partial charge is 0.185 e. The van der Waals surface area contributed by atoms with Crippen LogP contribution in [0.25, 0.3) is 5.69 Å². The van der Waals surface area contributed by atoms with Crippen LogP contribution in [0.15, 0.2) is 48.7 Å². The Hall–Kier alpha value is -2.17. The highest BCUT2D eigenvalue weighted by molar-refractivity contribution is 6.42. The molecular formula is C19H15Cl2FN2O. The Morgan fingerprint density at radius 3 is 2.36 bits per heavy atom. The van der Waals surface area contributed by atoms with Gasteiger partial charge in [-0.05, 0) is 42.0 Å². The van der Waals surface area contributed by atoms with Crippen LogP contribution >= 0.6 is 23.2 Å². The van der Waals surface area contributed by atoms with E-state index in [1.165, 1.54) is 12.1 Å². The largest absolute Gasteiger partial charge is 0.294 e. The van der Waals surface area contributed by atoms with Gasteiger partial charge in [0.15, 0.2) is 12.1 Å². The van der Waals surface area contributed by atoms with Gasteiger partial charge in [0.1, 0.15) is 5.82 Å². The Morgan fingerprint density at radius 1 is 1.08 bits per heavy atom. The van der Waals surface area contributed by atoms with Crippen LogP contribution in [0, 0.1) is 5.82 Å². The van der Waals surface area contributed by atoms with Crippen molar-refractivity contribution in [2.24, 2.45) is 0 Å². The van der Waals surface area contributed by atoms with Crippen molar-refractivity contribution < 1.29 is 9.18 Å². The molecule has 0 spiro atoms. The summed E-state index contributed by atoms with van der Waals surface area (Å²) in [5.41, 5.74) is 1.84. The van der Waals surface area contributed by atoms with E-state index in [-0.39, 0.29) is 11.6 Å². The average Bonchev–Trinajstić information content (AvgIpc) is 3.02. The molecule has 0 aliphatic carbocycles. The van der Waals surface area contributed by atoms with Crippen molar-refractivity contribution in [3.63, 3.8) is 0 Å². The minimum atomic E-state index is -0.517. The molecule has 0 N–H and O–H groups in total. The summed E-state index contributed by atoms with van der Waals surface area (Å²) < 4.78 is 15.0. The first-order valence-corrected chi connectivity index (χ1v) is 8.35. The normalized spacial score (nSPS) is 11.6. The minimum Gasteiger partial charge on any atom is -0.294 e. The molecule has 1 aromatic heterocycles. The highest BCUT2D eigenvalue weighted by atomic mass is 35.5. The number of carbonyl (C=O) groups excluding carboxylic acids is 1. The van der Waals surface area contributed by atoms with E-state index in [1.807, 2.05) is 19.9 Å². The molecule has 0 saturated carbocycles. The van der Waals surface area contributed by atoms with E-state index in [0.29, 0.717) is 22.0 Å². The van der Waals surface area contributed by atoms with Crippen molar-refractivity contribution in [3.8, 4) is 5.69 Å². The molecule has 25 heavy (non-hydrogen) atoms. The number of nitrogens with zero attached hydrogens (tertiary/aromatic N) is 2. The molecule has 3 aromatic rings. The van der Waals surface area contributed by atoms with E-state index in [1.54, 1.807) is 35.0 Å². The first-order valence-electron chi connectivity index (χ1n) is 7.59. The molecule has 3 rings (SSSR count). The Bertz CT molecular complexity index is 933. The summed E-state index contributed by atoms with van der Waals surface area (Å²) >= 11 is 12.2. The van der Waals surface area contributed by atoms with E-state index in [2.05, 4.69) is 4.98 Å². The lowest BCUT2D eigenvalue weighted by molar-refractivity contribution is 0.111. The van der Waals surface area contributed by atoms with Gasteiger partial charge in [-0.1, -0.05) is 43.1 Å². The molecule has 0 atom stereocenters. The molecule has 128 valence electrons. The van der Waals surface area contributed by atoms with Crippen LogP contribution < -0.4 is 0 Å². The van der Waals surface area contributed by atoms with Crippen molar-refractivity contribution in [3.05, 3.63) is 81.6 Å². The number of carbonyl (C=O) groups is 1. The molecule has 0 aliphatic heterocycles. The van der Waals surface area contributed by atoms with Crippen molar-refractivity contribution >= 4 is 29.5 Å². The second-order valence-electron chi connectivity index (χ2n) is 6.19. The summed E-state index contributed by atoms with van der Waals surface area (Å²) in [6.45, 7) is 4.00. The Balaban J connectivity index is 2.19. The molecule has 3 nitrogen and oxygen atoms in total. The molecule has 0 saturated heterocycles. The number of halogens is 3. The fourth-order valence-electron chi connectivity index (χ4n) is 2.78. The van der Waals surface area contributed by atoms with Gasteiger partial charge in [0.25, 0.3) is 0 Å². The molecule has 2 aromatic carbocycles. The third-order valence-electron chi connectivity index (χ3n) is 4.26. The van der Waals surface area contributed by atoms with Gasteiger partial charge in [-0.3, -0.25) is 9.36 Å². The summed E-state index contributed by atoms with van der Waals surface area (Å²) in [5.74, 6) is -0.100. The molecular weight excluding hydrogens is 362 g/mol. The Labute approximate surface area is 155 Å². The van der Waals surface area contributed by atoms with Gasteiger partial charge in [-0.15, -0.1) is 0 Å². The number of hydrogen-bond acceptors (Lipinski definition) is 2. The van der Waals surface area contributed by atoms with Crippen LogP contribution in [-0.2, 0) is 5.41 Å². The average molecular weight is 377 g/mol. The topological polar surface area (TPSA) is 34.9 Å². The molecule has 0 amide bonds. The van der Waals surface area contributed by atoms with E-state index in [4.69, 9.17) is 23.2 Å². The van der Waals surface area contributed by atoms with Crippen LogP contribution in [0.3, 0.4) is 0 Å². The van der Waals surface area contributed by atoms with Crippen molar-refractivity contribution in [1.29, 1.82) is 0 Å². The van der Waals surface area contributed by atoms with Crippen molar-refractivity contribution in [2.75, 3.05) is 0 Å². The van der Waals surface area contributed by atoms with E-state index >= 15 is 0 Å². The lowest BCUT2D eigenvalue weighted by atomic mass is 9.81. The predicted octanol–water partition coefficient (Wildman–Crippen LogP) is 5.46. The highest BCUT2D eigenvalue weighted by Crippen LogP contribution is 2.36. The number of aldehydes is 1. The second-order valence-corrected chi connectivity index (χ2v) is 7.00. The second kappa shape index (κ2) is 6.62. The van der Waals surface area contributed by atoms with Gasteiger partial charge in [-0.2, -0.15) is 0 Å². The summed E-state index contributed by atoms with van der Waals surface area (Å²) in [5, 5.41) is 0.928. The van der Waals surface area contributed by atoms with Crippen LogP contribution in [0.4, 0.5) is 4.39 Å². The molecule has 6 heteroatoms. The van der Waals surface area contributed by atoms with Gasteiger partial charge in [0.2, 0.25) is 0 Å². The van der Waals surface area contributed by atoms with Crippen LogP contribution in [0.5, 0.6) is 0 Å². The van der Waals surface area contributed by atoms with Gasteiger partial charge >= 0.3 is 0 Å². The monoisotopic (exact) mass is 376 g/mol. The van der Waals surface area contributed by atoms with Crippen molar-refractivity contribution in [1.82, 2.24) is 9.55 Å². The lowest BCUT2D eigenvalue weighted by Crippen LogP contribution is -2.23. The zero-order valence-corrected chi connectivity index (χ0v) is 15.1. The van der Waals surface area contributed by atoms with Crippen molar-refractivity contribution in [2.45, 2.75) is 19.3 Å². The fourth-order valence-corrected chi connectivity index (χ4v) is 3.08. The number of rotatable bonds is 4. The fraction of sp³-hybridized carbons (Fsp3) is 0.158. The first-order chi connectivity index (χ1) is 11.8. The van der Waals surface area contributed by atoms with Crippen LogP contribution in [0.1, 0.15) is 35.7 Å². The molecule has 0 fully saturated rings. The predicted molar refractivity (Wildman–Crippen MR) is 97.5 cm³/mol. The van der Waals surface area contributed by atoms with E-state index in [9.17, 15) is 9.18 Å². The quantitative estimate of drug-likeness (QED) is 0.566. The first kappa shape index (κ1) is 17.6. The molecule has 0 bridgehead atoms. The van der Waals surface area contributed by atoms with Crippen LogP contribution in [-0.4, -0.2) is 15.8 Å². The van der Waals surface area contributed by atoms with Gasteiger partial charge in [0, 0.05) is 11.1 Å². The molecule has 1 heterocycles. The van der Waals surface area contributed by atoms with Gasteiger partial charge in [-0.25, -0.2) is 9.37 Å².